The average molecular weight is 446 g/mol. The van der Waals surface area contributed by atoms with Gasteiger partial charge in [0, 0.05) is 29.7 Å². The first-order valence-corrected chi connectivity index (χ1v) is 11.4. The Morgan fingerprint density at radius 3 is 2.75 bits per heavy atom. The summed E-state index contributed by atoms with van der Waals surface area (Å²) in [7, 11) is 0. The molecule has 6 rings (SSSR count). The Morgan fingerprint density at radius 2 is 2.00 bits per heavy atom. The van der Waals surface area contributed by atoms with E-state index in [0.717, 1.165) is 31.2 Å². The number of fused-ring (bicyclic) bond motifs is 2. The van der Waals surface area contributed by atoms with Crippen molar-refractivity contribution in [2.24, 2.45) is 28.7 Å². The number of hydrogen-bond acceptors (Lipinski definition) is 8. The minimum absolute atomic E-state index is 0.0863. The highest BCUT2D eigenvalue weighted by molar-refractivity contribution is 5.80. The molecule has 1 N–H and O–H groups in total. The van der Waals surface area contributed by atoms with Crippen LogP contribution in [0.4, 0.5) is 0 Å². The summed E-state index contributed by atoms with van der Waals surface area (Å²) in [6, 6.07) is 5.00. The fraction of sp³-hybridized carbons (Fsp3) is 0.667. The fourth-order valence-corrected chi connectivity index (χ4v) is 6.21. The van der Waals surface area contributed by atoms with E-state index in [4.69, 9.17) is 29.0 Å². The van der Waals surface area contributed by atoms with Gasteiger partial charge in [-0.1, -0.05) is 19.9 Å². The number of aliphatic imine (C=N–C) groups is 1. The molecule has 0 radical (unpaired) electrons. The van der Waals surface area contributed by atoms with Gasteiger partial charge < -0.3 is 19.3 Å². The Kier molecular flexibility index (Phi) is 5.22. The Labute approximate surface area is 187 Å². The third-order valence-electron chi connectivity index (χ3n) is 7.79. The van der Waals surface area contributed by atoms with Crippen LogP contribution in [0.3, 0.4) is 0 Å². The summed E-state index contributed by atoms with van der Waals surface area (Å²) in [5, 5.41) is 10.0. The van der Waals surface area contributed by atoms with E-state index in [1.165, 1.54) is 0 Å². The molecule has 8 atom stereocenters. The normalized spacial score (nSPS) is 42.5. The zero-order chi connectivity index (χ0) is 22.7. The first kappa shape index (κ1) is 21.7. The van der Waals surface area contributed by atoms with Crippen LogP contribution in [0.25, 0.3) is 0 Å². The molecule has 4 heterocycles. The Hall–Kier alpha value is -2.16. The number of aryl methyl sites for hydroxylation is 1. The second-order valence-corrected chi connectivity index (χ2v) is 9.97. The molecule has 32 heavy (non-hydrogen) atoms. The van der Waals surface area contributed by atoms with Gasteiger partial charge in [-0.05, 0) is 56.7 Å². The Balaban J connectivity index is 1.54. The molecule has 1 aromatic carbocycles. The smallest absolute Gasteiger partial charge is 0.295 e. The van der Waals surface area contributed by atoms with Gasteiger partial charge in [-0.2, -0.15) is 0 Å². The lowest BCUT2D eigenvalue weighted by Gasteiger charge is -2.58. The maximum atomic E-state index is 11.3. The monoisotopic (exact) mass is 445 g/mol. The molecule has 5 fully saturated rings. The standard InChI is InChI=1S/C24H31NO7/c1-13-9-16(11-17(27)10-13)21(28-12-26)25-20-15(3)19-6-5-14(2)18-7-8-23(4)30-22(29-20)24(18,19)32-31-23/h9-12,14-15,18-19,21-22,27H,5-8H2,1-4H3/b25-20-/t14-,15-,18?,19?,21?,22-,23+,24?/m0/s1. The van der Waals surface area contributed by atoms with Gasteiger partial charge in [0.1, 0.15) is 5.75 Å². The molecule has 0 aromatic heterocycles. The first-order chi connectivity index (χ1) is 15.3. The topological polar surface area (TPSA) is 95.8 Å². The van der Waals surface area contributed by atoms with Gasteiger partial charge in [-0.3, -0.25) is 4.79 Å². The number of ether oxygens (including phenoxy) is 3. The number of nitrogens with zero attached hydrogens (tertiary/aromatic N) is 1. The molecule has 8 heteroatoms. The van der Waals surface area contributed by atoms with Crippen LogP contribution in [-0.4, -0.2) is 35.2 Å². The molecule has 1 saturated carbocycles. The number of carbonyl (C=O) groups excluding carboxylic acids is 1. The lowest BCUT2D eigenvalue weighted by molar-refractivity contribution is -0.557. The van der Waals surface area contributed by atoms with Crippen molar-refractivity contribution < 1.29 is 33.9 Å². The van der Waals surface area contributed by atoms with Crippen LogP contribution in [0.1, 0.15) is 63.8 Å². The van der Waals surface area contributed by atoms with Crippen molar-refractivity contribution in [2.75, 3.05) is 0 Å². The molecular formula is C24H31NO7. The maximum absolute atomic E-state index is 11.3. The summed E-state index contributed by atoms with van der Waals surface area (Å²) >= 11 is 0. The second-order valence-electron chi connectivity index (χ2n) is 9.97. The number of aromatic hydroxyl groups is 1. The van der Waals surface area contributed by atoms with Gasteiger partial charge in [-0.15, -0.1) is 0 Å². The van der Waals surface area contributed by atoms with E-state index in [9.17, 15) is 9.90 Å². The largest absolute Gasteiger partial charge is 0.508 e. The molecule has 4 saturated heterocycles. The van der Waals surface area contributed by atoms with Crippen LogP contribution in [0.2, 0.25) is 0 Å². The lowest BCUT2D eigenvalue weighted by atomic mass is 9.58. The predicted octanol–water partition coefficient (Wildman–Crippen LogP) is 4.15. The lowest BCUT2D eigenvalue weighted by Crippen LogP contribution is -2.69. The van der Waals surface area contributed by atoms with E-state index in [1.807, 2.05) is 19.9 Å². The zero-order valence-electron chi connectivity index (χ0n) is 18.9. The van der Waals surface area contributed by atoms with Gasteiger partial charge in [0.2, 0.25) is 18.3 Å². The van der Waals surface area contributed by atoms with E-state index in [2.05, 4.69) is 13.8 Å². The Morgan fingerprint density at radius 1 is 1.19 bits per heavy atom. The van der Waals surface area contributed by atoms with Crippen molar-refractivity contribution in [1.82, 2.24) is 0 Å². The number of rotatable bonds is 4. The number of carbonyl (C=O) groups is 1. The summed E-state index contributed by atoms with van der Waals surface area (Å²) in [5.74, 6) is 0.408. The molecule has 8 nitrogen and oxygen atoms in total. The predicted molar refractivity (Wildman–Crippen MR) is 113 cm³/mol. The number of benzene rings is 1. The number of phenols is 1. The highest BCUT2D eigenvalue weighted by Crippen LogP contribution is 2.60. The Bertz CT molecular complexity index is 915. The summed E-state index contributed by atoms with van der Waals surface area (Å²) in [4.78, 5) is 27.9. The molecule has 0 amide bonds. The van der Waals surface area contributed by atoms with Crippen LogP contribution in [0.15, 0.2) is 23.2 Å². The van der Waals surface area contributed by atoms with Crippen molar-refractivity contribution >= 4 is 12.4 Å². The van der Waals surface area contributed by atoms with E-state index >= 15 is 0 Å². The average Bonchev–Trinajstić information content (AvgIpc) is 2.96. The maximum Gasteiger partial charge on any atom is 0.295 e. The van der Waals surface area contributed by atoms with Crippen molar-refractivity contribution in [2.45, 2.75) is 77.3 Å². The zero-order valence-corrected chi connectivity index (χ0v) is 18.9. The van der Waals surface area contributed by atoms with Crippen LogP contribution < -0.4 is 0 Å². The molecule has 2 bridgehead atoms. The van der Waals surface area contributed by atoms with Crippen molar-refractivity contribution in [1.29, 1.82) is 0 Å². The van der Waals surface area contributed by atoms with Crippen molar-refractivity contribution in [3.63, 3.8) is 0 Å². The minimum atomic E-state index is -0.932. The molecule has 1 aromatic rings. The van der Waals surface area contributed by atoms with Crippen LogP contribution >= 0.6 is 0 Å². The van der Waals surface area contributed by atoms with Gasteiger partial charge in [0.05, 0.1) is 0 Å². The fourth-order valence-electron chi connectivity index (χ4n) is 6.21. The van der Waals surface area contributed by atoms with E-state index < -0.39 is 23.9 Å². The summed E-state index contributed by atoms with van der Waals surface area (Å²) in [5.41, 5.74) is 0.723. The molecule has 1 spiro atoms. The third kappa shape index (κ3) is 3.31. The van der Waals surface area contributed by atoms with Crippen LogP contribution in [0, 0.1) is 30.6 Å². The van der Waals surface area contributed by atoms with Gasteiger partial charge in [0.25, 0.3) is 6.47 Å². The quantitative estimate of drug-likeness (QED) is 0.549. The summed E-state index contributed by atoms with van der Waals surface area (Å²) in [6.45, 7) is 8.43. The SMILES string of the molecule is Cc1cc(O)cc(C(/N=C2\O[C@H]3O[C@@]4(C)CCC5[C@@H](C)CCC([C@@H]2C)C53OO4)OC=O)c1. The highest BCUT2D eigenvalue weighted by atomic mass is 17.3. The van der Waals surface area contributed by atoms with Crippen LogP contribution in [-0.2, 0) is 28.8 Å². The minimum Gasteiger partial charge on any atom is -0.508 e. The van der Waals surface area contributed by atoms with Gasteiger partial charge in [-0.25, -0.2) is 14.8 Å². The van der Waals surface area contributed by atoms with E-state index in [0.29, 0.717) is 23.9 Å². The van der Waals surface area contributed by atoms with Gasteiger partial charge >= 0.3 is 0 Å². The van der Waals surface area contributed by atoms with Gasteiger partial charge in [0.15, 0.2) is 11.5 Å². The second kappa shape index (κ2) is 7.71. The molecule has 4 aliphatic heterocycles. The molecule has 174 valence electrons. The molecule has 4 unspecified atom stereocenters. The van der Waals surface area contributed by atoms with Crippen molar-refractivity contribution in [3.8, 4) is 5.75 Å². The number of phenolic OH excluding ortho intramolecular Hbond substituents is 1. The summed E-state index contributed by atoms with van der Waals surface area (Å²) < 4.78 is 18.0. The summed E-state index contributed by atoms with van der Waals surface area (Å²) in [6.07, 6.45) is 2.12. The van der Waals surface area contributed by atoms with E-state index in [1.54, 1.807) is 12.1 Å². The van der Waals surface area contributed by atoms with Crippen LogP contribution in [0.5, 0.6) is 5.75 Å². The van der Waals surface area contributed by atoms with Crippen molar-refractivity contribution in [3.05, 3.63) is 29.3 Å². The molecule has 5 aliphatic rings. The number of hydrogen-bond donors (Lipinski definition) is 1. The molecular weight excluding hydrogens is 414 g/mol. The van der Waals surface area contributed by atoms with E-state index in [-0.39, 0.29) is 23.5 Å². The first-order valence-electron chi connectivity index (χ1n) is 11.4. The molecule has 1 aliphatic carbocycles. The third-order valence-corrected chi connectivity index (χ3v) is 7.79. The highest BCUT2D eigenvalue weighted by Gasteiger charge is 2.69.